The number of hydrogen-bond acceptors (Lipinski definition) is 5. The third-order valence-corrected chi connectivity index (χ3v) is 3.86. The lowest BCUT2D eigenvalue weighted by molar-refractivity contribution is -0.385. The molecule has 1 aromatic carbocycles. The smallest absolute Gasteiger partial charge is 0.273 e. The van der Waals surface area contributed by atoms with E-state index in [1.807, 2.05) is 19.9 Å². The second kappa shape index (κ2) is 5.90. The second-order valence-electron chi connectivity index (χ2n) is 4.23. The summed E-state index contributed by atoms with van der Waals surface area (Å²) in [6.07, 6.45) is 0. The predicted octanol–water partition coefficient (Wildman–Crippen LogP) is 2.96. The summed E-state index contributed by atoms with van der Waals surface area (Å²) in [6, 6.07) is 6.79. The van der Waals surface area contributed by atoms with Crippen molar-refractivity contribution < 1.29 is 4.92 Å². The van der Waals surface area contributed by atoms with Crippen LogP contribution >= 0.6 is 11.3 Å². The molecule has 0 aliphatic heterocycles. The molecule has 0 fully saturated rings. The van der Waals surface area contributed by atoms with Crippen molar-refractivity contribution in [3.63, 3.8) is 0 Å². The third-order valence-electron chi connectivity index (χ3n) is 2.79. The van der Waals surface area contributed by atoms with Crippen molar-refractivity contribution in [2.75, 3.05) is 0 Å². The molecule has 2 aromatic rings. The number of nitrogens with zero attached hydrogens (tertiary/aromatic N) is 2. The fourth-order valence-corrected chi connectivity index (χ4v) is 2.79. The first-order valence-electron chi connectivity index (χ1n) is 5.94. The van der Waals surface area contributed by atoms with E-state index in [2.05, 4.69) is 10.3 Å². The first kappa shape index (κ1) is 13.6. The molecule has 0 atom stereocenters. The van der Waals surface area contributed by atoms with E-state index in [0.29, 0.717) is 18.7 Å². The van der Waals surface area contributed by atoms with Gasteiger partial charge in [0.1, 0.15) is 0 Å². The van der Waals surface area contributed by atoms with Gasteiger partial charge in [0.25, 0.3) is 5.69 Å². The molecule has 2 rings (SSSR count). The van der Waals surface area contributed by atoms with Gasteiger partial charge in [-0.15, -0.1) is 11.3 Å². The fraction of sp³-hybridized carbons (Fsp3) is 0.308. The molecule has 0 radical (unpaired) electrons. The Kier molecular flexibility index (Phi) is 4.24. The van der Waals surface area contributed by atoms with Crippen LogP contribution in [0.2, 0.25) is 0 Å². The molecule has 1 aromatic heterocycles. The minimum atomic E-state index is -0.348. The number of nitrogens with one attached hydrogen (secondary N) is 1. The average molecular weight is 277 g/mol. The quantitative estimate of drug-likeness (QED) is 0.674. The van der Waals surface area contributed by atoms with Gasteiger partial charge in [0.2, 0.25) is 0 Å². The largest absolute Gasteiger partial charge is 0.307 e. The third kappa shape index (κ3) is 3.36. The van der Waals surface area contributed by atoms with Crippen LogP contribution in [0, 0.1) is 24.0 Å². The van der Waals surface area contributed by atoms with Crippen LogP contribution in [-0.2, 0) is 13.1 Å². The second-order valence-corrected chi connectivity index (χ2v) is 5.52. The number of aryl methyl sites for hydroxylation is 2. The molecule has 1 heterocycles. The van der Waals surface area contributed by atoms with Crippen molar-refractivity contribution in [1.82, 2.24) is 10.3 Å². The molecule has 0 amide bonds. The maximum absolute atomic E-state index is 10.9. The van der Waals surface area contributed by atoms with Gasteiger partial charge in [0.05, 0.1) is 15.6 Å². The number of nitro groups is 1. The van der Waals surface area contributed by atoms with E-state index in [1.165, 1.54) is 10.9 Å². The highest BCUT2D eigenvalue weighted by Crippen LogP contribution is 2.19. The summed E-state index contributed by atoms with van der Waals surface area (Å²) in [7, 11) is 0. The van der Waals surface area contributed by atoms with Crippen LogP contribution in [0.4, 0.5) is 5.69 Å². The molecule has 0 aliphatic rings. The zero-order valence-corrected chi connectivity index (χ0v) is 11.7. The average Bonchev–Trinajstić information content (AvgIpc) is 2.68. The van der Waals surface area contributed by atoms with Gasteiger partial charge < -0.3 is 5.32 Å². The highest BCUT2D eigenvalue weighted by Gasteiger charge is 2.12. The predicted molar refractivity (Wildman–Crippen MR) is 75.2 cm³/mol. The van der Waals surface area contributed by atoms with Crippen LogP contribution in [0.1, 0.15) is 21.1 Å². The van der Waals surface area contributed by atoms with Crippen molar-refractivity contribution >= 4 is 17.0 Å². The Bertz CT molecular complexity index is 595. The Morgan fingerprint density at radius 3 is 2.68 bits per heavy atom. The summed E-state index contributed by atoms with van der Waals surface area (Å²) in [4.78, 5) is 16.1. The number of thiazole rings is 1. The molecule has 5 nitrogen and oxygen atoms in total. The molecular weight excluding hydrogens is 262 g/mol. The lowest BCUT2D eigenvalue weighted by Gasteiger charge is -2.04. The zero-order chi connectivity index (χ0) is 13.8. The topological polar surface area (TPSA) is 68.1 Å². The molecule has 19 heavy (non-hydrogen) atoms. The lowest BCUT2D eigenvalue weighted by Crippen LogP contribution is -2.13. The molecule has 1 N–H and O–H groups in total. The Hall–Kier alpha value is -1.79. The summed E-state index contributed by atoms with van der Waals surface area (Å²) >= 11 is 1.65. The van der Waals surface area contributed by atoms with Gasteiger partial charge in [-0.25, -0.2) is 4.98 Å². The Labute approximate surface area is 115 Å². The van der Waals surface area contributed by atoms with Crippen LogP contribution in [-0.4, -0.2) is 9.91 Å². The number of rotatable bonds is 5. The maximum Gasteiger partial charge on any atom is 0.273 e. The molecule has 0 unspecified atom stereocenters. The van der Waals surface area contributed by atoms with E-state index in [9.17, 15) is 10.1 Å². The summed E-state index contributed by atoms with van der Waals surface area (Å²) in [5.74, 6) is 0. The van der Waals surface area contributed by atoms with E-state index in [4.69, 9.17) is 0 Å². The van der Waals surface area contributed by atoms with Crippen LogP contribution in [0.5, 0.6) is 0 Å². The van der Waals surface area contributed by atoms with Crippen molar-refractivity contribution in [1.29, 1.82) is 0 Å². The minimum Gasteiger partial charge on any atom is -0.307 e. The fourth-order valence-electron chi connectivity index (χ4n) is 1.89. The summed E-state index contributed by atoms with van der Waals surface area (Å²) in [5.41, 5.74) is 1.89. The van der Waals surface area contributed by atoms with Crippen LogP contribution in [0.15, 0.2) is 24.3 Å². The van der Waals surface area contributed by atoms with Gasteiger partial charge in [-0.2, -0.15) is 0 Å². The monoisotopic (exact) mass is 277 g/mol. The van der Waals surface area contributed by atoms with Crippen molar-refractivity contribution in [2.24, 2.45) is 0 Å². The van der Waals surface area contributed by atoms with E-state index < -0.39 is 0 Å². The van der Waals surface area contributed by atoms with E-state index in [0.717, 1.165) is 10.7 Å². The highest BCUT2D eigenvalue weighted by atomic mass is 32.1. The van der Waals surface area contributed by atoms with Crippen molar-refractivity contribution in [2.45, 2.75) is 26.9 Å². The van der Waals surface area contributed by atoms with E-state index >= 15 is 0 Å². The molecule has 0 saturated heterocycles. The molecule has 0 saturated carbocycles. The number of nitro benzene ring substituents is 1. The first-order chi connectivity index (χ1) is 9.08. The SMILES string of the molecule is Cc1nc(C)c(CNCc2ccccc2[N+](=O)[O-])s1. The van der Waals surface area contributed by atoms with Gasteiger partial charge in [-0.1, -0.05) is 18.2 Å². The molecule has 0 bridgehead atoms. The molecular formula is C13H15N3O2S. The zero-order valence-electron chi connectivity index (χ0n) is 10.8. The van der Waals surface area contributed by atoms with Gasteiger partial charge in [0, 0.05) is 29.6 Å². The van der Waals surface area contributed by atoms with Gasteiger partial charge >= 0.3 is 0 Å². The van der Waals surface area contributed by atoms with Gasteiger partial charge in [0.15, 0.2) is 0 Å². The Balaban J connectivity index is 2.00. The van der Waals surface area contributed by atoms with E-state index in [1.54, 1.807) is 23.5 Å². The number of aromatic nitrogens is 1. The number of benzene rings is 1. The molecule has 0 spiro atoms. The highest BCUT2D eigenvalue weighted by molar-refractivity contribution is 7.11. The summed E-state index contributed by atoms with van der Waals surface area (Å²) < 4.78 is 0. The normalized spacial score (nSPS) is 10.6. The van der Waals surface area contributed by atoms with Crippen LogP contribution < -0.4 is 5.32 Å². The summed E-state index contributed by atoms with van der Waals surface area (Å²) in [5, 5.41) is 15.2. The molecule has 0 aliphatic carbocycles. The lowest BCUT2D eigenvalue weighted by atomic mass is 10.2. The minimum absolute atomic E-state index is 0.159. The van der Waals surface area contributed by atoms with Crippen LogP contribution in [0.3, 0.4) is 0 Å². The summed E-state index contributed by atoms with van der Waals surface area (Å²) in [6.45, 7) is 5.12. The van der Waals surface area contributed by atoms with E-state index in [-0.39, 0.29) is 10.6 Å². The molecule has 100 valence electrons. The maximum atomic E-state index is 10.9. The number of hydrogen-bond donors (Lipinski definition) is 1. The van der Waals surface area contributed by atoms with Gasteiger partial charge in [-0.05, 0) is 13.8 Å². The van der Waals surface area contributed by atoms with Crippen molar-refractivity contribution in [3.05, 3.63) is 55.5 Å². The van der Waals surface area contributed by atoms with Gasteiger partial charge in [-0.3, -0.25) is 10.1 Å². The van der Waals surface area contributed by atoms with Crippen LogP contribution in [0.25, 0.3) is 0 Å². The molecule has 6 heteroatoms. The standard InChI is InChI=1S/C13H15N3O2S/c1-9-13(19-10(2)15-9)8-14-7-11-5-3-4-6-12(11)16(17)18/h3-6,14H,7-8H2,1-2H3. The Morgan fingerprint density at radius 2 is 2.05 bits per heavy atom. The van der Waals surface area contributed by atoms with Crippen molar-refractivity contribution in [3.8, 4) is 0 Å². The number of para-hydroxylation sites is 1. The Morgan fingerprint density at radius 1 is 1.32 bits per heavy atom. The first-order valence-corrected chi connectivity index (χ1v) is 6.75.